The molecule has 2 N–H and O–H groups in total. The van der Waals surface area contributed by atoms with Crippen LogP contribution in [0.15, 0.2) is 65.5 Å². The van der Waals surface area contributed by atoms with Gasteiger partial charge in [0.05, 0.1) is 12.0 Å². The van der Waals surface area contributed by atoms with E-state index in [-0.39, 0.29) is 0 Å². The van der Waals surface area contributed by atoms with Gasteiger partial charge in [0.1, 0.15) is 11.4 Å². The third-order valence-corrected chi connectivity index (χ3v) is 3.53. The summed E-state index contributed by atoms with van der Waals surface area (Å²) in [5.41, 5.74) is 1.12. The molecule has 3 rings (SSSR count). The standard InChI is InChI=1S/C17H19N3O2/c1-17(21,16-7-3-10-22-16)13-18-12-14-5-2-6-15(11-14)20-9-4-8-19-20/h2-11,18,21H,12-13H2,1H3. The highest BCUT2D eigenvalue weighted by Gasteiger charge is 2.25. The van der Waals surface area contributed by atoms with Gasteiger partial charge in [0.2, 0.25) is 0 Å². The van der Waals surface area contributed by atoms with Crippen LogP contribution in [0, 0.1) is 0 Å². The predicted molar refractivity (Wildman–Crippen MR) is 83.5 cm³/mol. The van der Waals surface area contributed by atoms with Gasteiger partial charge in [-0.25, -0.2) is 4.68 Å². The Kier molecular flexibility index (Phi) is 4.09. The summed E-state index contributed by atoms with van der Waals surface area (Å²) in [5, 5.41) is 17.9. The topological polar surface area (TPSA) is 63.2 Å². The molecule has 0 amide bonds. The van der Waals surface area contributed by atoms with Gasteiger partial charge in [-0.15, -0.1) is 0 Å². The van der Waals surface area contributed by atoms with E-state index in [1.807, 2.05) is 35.1 Å². The van der Waals surface area contributed by atoms with Crippen molar-refractivity contribution in [2.75, 3.05) is 6.54 Å². The second kappa shape index (κ2) is 6.17. The molecule has 1 atom stereocenters. The highest BCUT2D eigenvalue weighted by molar-refractivity contribution is 5.35. The Hall–Kier alpha value is -2.37. The second-order valence-corrected chi connectivity index (χ2v) is 5.48. The molecule has 0 spiro atoms. The molecule has 5 nitrogen and oxygen atoms in total. The molecule has 114 valence electrons. The number of rotatable bonds is 6. The van der Waals surface area contributed by atoms with Crippen molar-refractivity contribution in [2.45, 2.75) is 19.1 Å². The molecule has 1 aromatic carbocycles. The van der Waals surface area contributed by atoms with Gasteiger partial charge in [0.15, 0.2) is 0 Å². The van der Waals surface area contributed by atoms with E-state index in [0.29, 0.717) is 18.8 Å². The summed E-state index contributed by atoms with van der Waals surface area (Å²) in [7, 11) is 0. The minimum Gasteiger partial charge on any atom is -0.466 e. The maximum Gasteiger partial charge on any atom is 0.136 e. The number of aromatic nitrogens is 2. The monoisotopic (exact) mass is 297 g/mol. The van der Waals surface area contributed by atoms with E-state index in [1.165, 1.54) is 0 Å². The van der Waals surface area contributed by atoms with E-state index in [4.69, 9.17) is 4.42 Å². The molecule has 0 saturated heterocycles. The first-order valence-electron chi connectivity index (χ1n) is 7.21. The first-order chi connectivity index (χ1) is 10.6. The summed E-state index contributed by atoms with van der Waals surface area (Å²) in [6.07, 6.45) is 5.23. The van der Waals surface area contributed by atoms with E-state index in [1.54, 1.807) is 31.5 Å². The molecule has 0 saturated carbocycles. The van der Waals surface area contributed by atoms with Crippen LogP contribution in [0.3, 0.4) is 0 Å². The third kappa shape index (κ3) is 3.27. The van der Waals surface area contributed by atoms with Gasteiger partial charge >= 0.3 is 0 Å². The lowest BCUT2D eigenvalue weighted by molar-refractivity contribution is 0.0340. The number of benzene rings is 1. The average Bonchev–Trinajstić information content (AvgIpc) is 3.21. The van der Waals surface area contributed by atoms with Crippen molar-refractivity contribution in [3.8, 4) is 5.69 Å². The zero-order chi connectivity index (χ0) is 15.4. The Bertz CT molecular complexity index is 703. The third-order valence-electron chi connectivity index (χ3n) is 3.53. The summed E-state index contributed by atoms with van der Waals surface area (Å²) in [4.78, 5) is 0. The number of nitrogens with one attached hydrogen (secondary N) is 1. The van der Waals surface area contributed by atoms with Crippen molar-refractivity contribution in [3.05, 3.63) is 72.4 Å². The fourth-order valence-corrected chi connectivity index (χ4v) is 2.35. The van der Waals surface area contributed by atoms with Crippen LogP contribution in [0.5, 0.6) is 0 Å². The molecule has 0 aliphatic rings. The lowest BCUT2D eigenvalue weighted by Crippen LogP contribution is -2.34. The van der Waals surface area contributed by atoms with Crippen LogP contribution in [0.2, 0.25) is 0 Å². The molecular formula is C17H19N3O2. The number of nitrogens with zero attached hydrogens (tertiary/aromatic N) is 2. The van der Waals surface area contributed by atoms with Crippen LogP contribution < -0.4 is 5.32 Å². The molecule has 0 radical (unpaired) electrons. The minimum absolute atomic E-state index is 0.409. The van der Waals surface area contributed by atoms with E-state index in [2.05, 4.69) is 16.5 Å². The lowest BCUT2D eigenvalue weighted by Gasteiger charge is -2.21. The Labute approximate surface area is 129 Å². The Morgan fingerprint density at radius 2 is 2.18 bits per heavy atom. The van der Waals surface area contributed by atoms with E-state index in [0.717, 1.165) is 11.3 Å². The van der Waals surface area contributed by atoms with Crippen LogP contribution in [-0.2, 0) is 12.1 Å². The fraction of sp³-hybridized carbons (Fsp3) is 0.235. The molecule has 22 heavy (non-hydrogen) atoms. The van der Waals surface area contributed by atoms with E-state index >= 15 is 0 Å². The van der Waals surface area contributed by atoms with Gasteiger partial charge in [-0.05, 0) is 42.8 Å². The van der Waals surface area contributed by atoms with Crippen LogP contribution in [0.4, 0.5) is 0 Å². The van der Waals surface area contributed by atoms with Crippen molar-refractivity contribution >= 4 is 0 Å². The van der Waals surface area contributed by atoms with Gasteiger partial charge in [-0.2, -0.15) is 5.10 Å². The Morgan fingerprint density at radius 1 is 1.27 bits per heavy atom. The number of hydrogen-bond acceptors (Lipinski definition) is 4. The van der Waals surface area contributed by atoms with Gasteiger partial charge in [-0.1, -0.05) is 12.1 Å². The first kappa shape index (κ1) is 14.6. The maximum atomic E-state index is 10.4. The quantitative estimate of drug-likeness (QED) is 0.733. The predicted octanol–water partition coefficient (Wildman–Crippen LogP) is 2.46. The molecule has 2 aromatic heterocycles. The molecule has 1 unspecified atom stereocenters. The van der Waals surface area contributed by atoms with Crippen LogP contribution >= 0.6 is 0 Å². The zero-order valence-corrected chi connectivity index (χ0v) is 12.4. The van der Waals surface area contributed by atoms with Crippen LogP contribution in [0.25, 0.3) is 5.69 Å². The molecule has 0 fully saturated rings. The SMILES string of the molecule is CC(O)(CNCc1cccc(-n2cccn2)c1)c1ccco1. The van der Waals surface area contributed by atoms with Crippen molar-refractivity contribution in [1.82, 2.24) is 15.1 Å². The lowest BCUT2D eigenvalue weighted by atomic mass is 10.0. The molecule has 2 heterocycles. The Morgan fingerprint density at radius 3 is 2.91 bits per heavy atom. The van der Waals surface area contributed by atoms with Crippen LogP contribution in [-0.4, -0.2) is 21.4 Å². The molecular weight excluding hydrogens is 278 g/mol. The second-order valence-electron chi connectivity index (χ2n) is 5.48. The number of hydrogen-bond donors (Lipinski definition) is 2. The molecule has 0 bridgehead atoms. The van der Waals surface area contributed by atoms with Gasteiger partial charge in [-0.3, -0.25) is 0 Å². The summed E-state index contributed by atoms with van der Waals surface area (Å²) >= 11 is 0. The minimum atomic E-state index is -1.02. The fourth-order valence-electron chi connectivity index (χ4n) is 2.35. The normalized spacial score (nSPS) is 13.9. The number of aliphatic hydroxyl groups is 1. The molecule has 3 aromatic rings. The zero-order valence-electron chi connectivity index (χ0n) is 12.4. The number of furan rings is 1. The first-order valence-corrected chi connectivity index (χ1v) is 7.21. The average molecular weight is 297 g/mol. The summed E-state index contributed by atoms with van der Waals surface area (Å²) in [5.74, 6) is 0.560. The van der Waals surface area contributed by atoms with Crippen LogP contribution in [0.1, 0.15) is 18.2 Å². The highest BCUT2D eigenvalue weighted by atomic mass is 16.4. The van der Waals surface area contributed by atoms with Crippen molar-refractivity contribution in [2.24, 2.45) is 0 Å². The van der Waals surface area contributed by atoms with Gasteiger partial charge in [0, 0.05) is 25.5 Å². The Balaban J connectivity index is 1.61. The summed E-state index contributed by atoms with van der Waals surface area (Å²) in [6, 6.07) is 13.6. The highest BCUT2D eigenvalue weighted by Crippen LogP contribution is 2.20. The van der Waals surface area contributed by atoms with Crippen molar-refractivity contribution in [3.63, 3.8) is 0 Å². The van der Waals surface area contributed by atoms with E-state index < -0.39 is 5.60 Å². The molecule has 0 aliphatic heterocycles. The largest absolute Gasteiger partial charge is 0.466 e. The van der Waals surface area contributed by atoms with E-state index in [9.17, 15) is 5.11 Å². The van der Waals surface area contributed by atoms with Crippen molar-refractivity contribution < 1.29 is 9.52 Å². The molecule has 0 aliphatic carbocycles. The summed E-state index contributed by atoms with van der Waals surface area (Å²) < 4.78 is 7.09. The van der Waals surface area contributed by atoms with Gasteiger partial charge < -0.3 is 14.8 Å². The molecule has 5 heteroatoms. The maximum absolute atomic E-state index is 10.4. The van der Waals surface area contributed by atoms with Crippen molar-refractivity contribution in [1.29, 1.82) is 0 Å². The smallest absolute Gasteiger partial charge is 0.136 e. The van der Waals surface area contributed by atoms with Gasteiger partial charge in [0.25, 0.3) is 0 Å². The summed E-state index contributed by atoms with van der Waals surface area (Å²) in [6.45, 7) is 2.80.